The second-order valence-corrected chi connectivity index (χ2v) is 3.09. The molecule has 5 heteroatoms. The first-order chi connectivity index (χ1) is 5.63. The lowest BCUT2D eigenvalue weighted by Crippen LogP contribution is -2.02. The highest BCUT2D eigenvalue weighted by atomic mass is 35.5. The highest BCUT2D eigenvalue weighted by Gasteiger charge is 2.16. The minimum Gasteiger partial charge on any atom is -0.373 e. The maximum atomic E-state index is 9.03. The van der Waals surface area contributed by atoms with Gasteiger partial charge in [-0.1, -0.05) is 40.5 Å². The van der Waals surface area contributed by atoms with Crippen LogP contribution >= 0.6 is 34.8 Å². The van der Waals surface area contributed by atoms with Crippen LogP contribution in [0.4, 0.5) is 0 Å². The fourth-order valence-corrected chi connectivity index (χ4v) is 1.54. The van der Waals surface area contributed by atoms with Crippen LogP contribution in [0.15, 0.2) is 32.6 Å². The highest BCUT2D eigenvalue weighted by Crippen LogP contribution is 2.27. The van der Waals surface area contributed by atoms with Gasteiger partial charge >= 0.3 is 0 Å². The Balaban J connectivity index is 3.21. The van der Waals surface area contributed by atoms with Gasteiger partial charge in [0.1, 0.15) is 5.16 Å². The summed E-state index contributed by atoms with van der Waals surface area (Å²) in [6, 6.07) is 0. The van der Waals surface area contributed by atoms with E-state index in [2.05, 4.69) is 10.7 Å². The van der Waals surface area contributed by atoms with Crippen molar-refractivity contribution in [3.8, 4) is 0 Å². The van der Waals surface area contributed by atoms with E-state index in [0.29, 0.717) is 0 Å². The molecule has 0 spiro atoms. The topological polar surface area (TPSA) is 32.6 Å². The summed E-state index contributed by atoms with van der Waals surface area (Å²) < 4.78 is 0. The summed E-state index contributed by atoms with van der Waals surface area (Å²) in [5, 5.41) is 9.27. The second kappa shape index (κ2) is 4.13. The standard InChI is InChI=1S/C7H4Cl3NO/c8-4-2-1-3-11-6(9)5(4)7(10)12/h1,3,7,12H. The Bertz CT molecular complexity index is 311. The second-order valence-electron chi connectivity index (χ2n) is 1.94. The van der Waals surface area contributed by atoms with Crippen LogP contribution in [0.5, 0.6) is 0 Å². The third-order valence-electron chi connectivity index (χ3n) is 1.17. The van der Waals surface area contributed by atoms with Crippen molar-refractivity contribution >= 4 is 41.0 Å². The molecule has 0 amide bonds. The summed E-state index contributed by atoms with van der Waals surface area (Å²) >= 11 is 16.7. The third-order valence-corrected chi connectivity index (χ3v) is 2.00. The molecule has 0 aliphatic carbocycles. The molecule has 2 nitrogen and oxygen atoms in total. The lowest BCUT2D eigenvalue weighted by atomic mass is 10.3. The lowest BCUT2D eigenvalue weighted by Gasteiger charge is -2.05. The van der Waals surface area contributed by atoms with E-state index in [9.17, 15) is 0 Å². The molecule has 0 saturated heterocycles. The molecular formula is C7H4Cl3NO. The van der Waals surface area contributed by atoms with Crippen LogP contribution in [0.1, 0.15) is 0 Å². The Labute approximate surface area is 84.5 Å². The van der Waals surface area contributed by atoms with E-state index in [1.54, 1.807) is 0 Å². The zero-order chi connectivity index (χ0) is 9.14. The first-order valence-corrected chi connectivity index (χ1v) is 4.19. The number of aliphatic imine (C=N–C) groups is 1. The van der Waals surface area contributed by atoms with Gasteiger partial charge in [-0.25, -0.2) is 4.99 Å². The Morgan fingerprint density at radius 2 is 2.17 bits per heavy atom. The maximum absolute atomic E-state index is 9.03. The van der Waals surface area contributed by atoms with E-state index in [1.807, 2.05) is 0 Å². The van der Waals surface area contributed by atoms with Crippen LogP contribution in [0.3, 0.4) is 0 Å². The number of hydrogen-bond acceptors (Lipinski definition) is 2. The van der Waals surface area contributed by atoms with E-state index in [0.717, 1.165) is 0 Å². The third kappa shape index (κ3) is 2.13. The van der Waals surface area contributed by atoms with E-state index in [1.165, 1.54) is 12.3 Å². The van der Waals surface area contributed by atoms with Gasteiger partial charge in [0.15, 0.2) is 5.56 Å². The number of rotatable bonds is 1. The molecule has 1 heterocycles. The quantitative estimate of drug-likeness (QED) is 0.414. The molecule has 0 aromatic carbocycles. The maximum Gasteiger partial charge on any atom is 0.158 e. The molecule has 12 heavy (non-hydrogen) atoms. The molecule has 0 aromatic heterocycles. The van der Waals surface area contributed by atoms with E-state index < -0.39 is 5.56 Å². The molecule has 0 radical (unpaired) electrons. The van der Waals surface area contributed by atoms with Crippen molar-refractivity contribution in [2.45, 2.75) is 5.56 Å². The van der Waals surface area contributed by atoms with Gasteiger partial charge in [0.2, 0.25) is 0 Å². The zero-order valence-corrected chi connectivity index (χ0v) is 8.03. The van der Waals surface area contributed by atoms with Gasteiger partial charge in [-0.15, -0.1) is 0 Å². The number of halogens is 3. The van der Waals surface area contributed by atoms with Gasteiger partial charge < -0.3 is 5.11 Å². The van der Waals surface area contributed by atoms with E-state index in [4.69, 9.17) is 39.9 Å². The average Bonchev–Trinajstić information content (AvgIpc) is 2.11. The van der Waals surface area contributed by atoms with Crippen LogP contribution in [0.25, 0.3) is 0 Å². The molecule has 1 aliphatic rings. The number of nitrogens with zero attached hydrogens (tertiary/aromatic N) is 1. The Morgan fingerprint density at radius 1 is 1.50 bits per heavy atom. The Morgan fingerprint density at radius 3 is 2.75 bits per heavy atom. The van der Waals surface area contributed by atoms with Crippen LogP contribution < -0.4 is 0 Å². The van der Waals surface area contributed by atoms with Crippen molar-refractivity contribution in [1.29, 1.82) is 0 Å². The van der Waals surface area contributed by atoms with Crippen LogP contribution in [0.2, 0.25) is 0 Å². The van der Waals surface area contributed by atoms with Crippen LogP contribution in [-0.4, -0.2) is 16.9 Å². The molecule has 1 atom stereocenters. The fourth-order valence-electron chi connectivity index (χ4n) is 0.654. The average molecular weight is 224 g/mol. The van der Waals surface area contributed by atoms with Gasteiger partial charge in [0.25, 0.3) is 0 Å². The first-order valence-electron chi connectivity index (χ1n) is 3.00. The molecule has 0 bridgehead atoms. The van der Waals surface area contributed by atoms with Crippen LogP contribution in [0, 0.1) is 0 Å². The molecule has 0 aromatic rings. The van der Waals surface area contributed by atoms with Gasteiger partial charge in [0, 0.05) is 12.3 Å². The number of alkyl halides is 1. The molecule has 1 unspecified atom stereocenters. The summed E-state index contributed by atoms with van der Waals surface area (Å²) in [5.74, 6) is 0. The van der Waals surface area contributed by atoms with Crippen molar-refractivity contribution in [3.05, 3.63) is 27.6 Å². The normalized spacial score (nSPS) is 19.2. The van der Waals surface area contributed by atoms with Crippen molar-refractivity contribution in [2.75, 3.05) is 0 Å². The minimum absolute atomic E-state index is 0.0729. The molecule has 1 aliphatic heterocycles. The summed E-state index contributed by atoms with van der Waals surface area (Å²) in [5.41, 5.74) is 1.54. The Kier molecular flexibility index (Phi) is 3.39. The molecule has 0 fully saturated rings. The summed E-state index contributed by atoms with van der Waals surface area (Å²) in [6.07, 6.45) is 2.90. The first kappa shape index (κ1) is 9.85. The number of hydrogen-bond donors (Lipinski definition) is 1. The van der Waals surface area contributed by atoms with Gasteiger partial charge in [0.05, 0.1) is 10.6 Å². The van der Waals surface area contributed by atoms with Crippen molar-refractivity contribution < 1.29 is 5.11 Å². The molecule has 1 rings (SSSR count). The summed E-state index contributed by atoms with van der Waals surface area (Å²) in [4.78, 5) is 3.73. The number of aliphatic hydroxyl groups excluding tert-OH is 1. The fraction of sp³-hybridized carbons (Fsp3) is 0.143. The number of aliphatic hydroxyl groups is 1. The predicted molar refractivity (Wildman–Crippen MR) is 50.7 cm³/mol. The van der Waals surface area contributed by atoms with Crippen LogP contribution in [-0.2, 0) is 0 Å². The van der Waals surface area contributed by atoms with E-state index >= 15 is 0 Å². The molecular weight excluding hydrogens is 220 g/mol. The molecule has 64 valence electrons. The minimum atomic E-state index is -1.26. The molecule has 0 saturated carbocycles. The van der Waals surface area contributed by atoms with Crippen molar-refractivity contribution in [2.24, 2.45) is 4.99 Å². The van der Waals surface area contributed by atoms with Crippen molar-refractivity contribution in [1.82, 2.24) is 0 Å². The van der Waals surface area contributed by atoms with Gasteiger partial charge in [-0.3, -0.25) is 0 Å². The van der Waals surface area contributed by atoms with E-state index in [-0.39, 0.29) is 15.8 Å². The monoisotopic (exact) mass is 223 g/mol. The lowest BCUT2D eigenvalue weighted by molar-refractivity contribution is 0.294. The zero-order valence-electron chi connectivity index (χ0n) is 5.76. The SMILES string of the molecule is OC(Cl)C1=C(Cl)N=CC=C=C1Cl. The predicted octanol–water partition coefficient (Wildman–Crippen LogP) is 2.36. The van der Waals surface area contributed by atoms with Gasteiger partial charge in [-0.05, 0) is 0 Å². The summed E-state index contributed by atoms with van der Waals surface area (Å²) in [6.45, 7) is 0. The largest absolute Gasteiger partial charge is 0.373 e. The Hall–Kier alpha value is -0.240. The van der Waals surface area contributed by atoms with Gasteiger partial charge in [-0.2, -0.15) is 0 Å². The van der Waals surface area contributed by atoms with Crippen molar-refractivity contribution in [3.63, 3.8) is 0 Å². The molecule has 1 N–H and O–H groups in total. The smallest absolute Gasteiger partial charge is 0.158 e. The summed E-state index contributed by atoms with van der Waals surface area (Å²) in [7, 11) is 0. The highest BCUT2D eigenvalue weighted by molar-refractivity contribution is 6.38.